The summed E-state index contributed by atoms with van der Waals surface area (Å²) in [5.74, 6) is 5.28. The first-order valence-corrected chi connectivity index (χ1v) is 11.9. The van der Waals surface area contributed by atoms with Crippen LogP contribution in [-0.2, 0) is 16.1 Å². The van der Waals surface area contributed by atoms with Gasteiger partial charge in [0.25, 0.3) is 0 Å². The number of carbonyl (C=O) groups excluding carboxylic acids is 2. The molecule has 0 saturated heterocycles. The lowest BCUT2D eigenvalue weighted by atomic mass is 9.95. The molecule has 0 unspecified atom stereocenters. The summed E-state index contributed by atoms with van der Waals surface area (Å²) >= 11 is 6.52. The van der Waals surface area contributed by atoms with Gasteiger partial charge in [0.2, 0.25) is 6.41 Å². The minimum Gasteiger partial charge on any atom is -0.489 e. The zero-order chi connectivity index (χ0) is 26.5. The molecule has 7 nitrogen and oxygen atoms in total. The Bertz CT molecular complexity index is 1200. The standard InChI is InChI=1S/C27H30ClFN2O5/c1-6-8-18-15-19-16-31(12-11-30(5)17-32)13-14-34-25(19)24(29)22(18)23-20(28)9-7-10-21(23)35-26(33)36-27(2,3)4/h7,9-10,15,17H,11-14,16H2,1-5H3. The summed E-state index contributed by atoms with van der Waals surface area (Å²) in [5, 5.41) is 0.182. The van der Waals surface area contributed by atoms with Crippen molar-refractivity contribution >= 4 is 24.2 Å². The van der Waals surface area contributed by atoms with Gasteiger partial charge in [-0.05, 0) is 45.9 Å². The van der Waals surface area contributed by atoms with Crippen LogP contribution in [0.4, 0.5) is 9.18 Å². The normalized spacial score (nSPS) is 13.4. The van der Waals surface area contributed by atoms with Crippen LogP contribution in [0.2, 0.25) is 5.02 Å². The van der Waals surface area contributed by atoms with Crippen molar-refractivity contribution in [1.82, 2.24) is 9.80 Å². The number of carbonyl (C=O) groups is 2. The van der Waals surface area contributed by atoms with E-state index in [1.165, 1.54) is 6.07 Å². The zero-order valence-electron chi connectivity index (χ0n) is 21.1. The number of ether oxygens (including phenoxy) is 3. The molecule has 0 saturated carbocycles. The molecular weight excluding hydrogens is 487 g/mol. The highest BCUT2D eigenvalue weighted by Gasteiger charge is 2.28. The van der Waals surface area contributed by atoms with Gasteiger partial charge in [-0.25, -0.2) is 9.18 Å². The SMILES string of the molecule is CC#Cc1cc2c(c(F)c1-c1c(Cl)cccc1OC(=O)OC(C)(C)C)OCCN(CCN(C)C=O)C2. The molecule has 36 heavy (non-hydrogen) atoms. The third kappa shape index (κ3) is 6.68. The van der Waals surface area contributed by atoms with Crippen molar-refractivity contribution in [1.29, 1.82) is 0 Å². The van der Waals surface area contributed by atoms with Crippen molar-refractivity contribution in [2.75, 3.05) is 33.3 Å². The lowest BCUT2D eigenvalue weighted by Gasteiger charge is -2.22. The Morgan fingerprint density at radius 1 is 1.33 bits per heavy atom. The van der Waals surface area contributed by atoms with Crippen LogP contribution < -0.4 is 9.47 Å². The highest BCUT2D eigenvalue weighted by atomic mass is 35.5. The Hall–Kier alpha value is -3.28. The summed E-state index contributed by atoms with van der Waals surface area (Å²) in [7, 11) is 1.71. The van der Waals surface area contributed by atoms with E-state index >= 15 is 4.39 Å². The largest absolute Gasteiger partial charge is 0.514 e. The summed E-state index contributed by atoms with van der Waals surface area (Å²) in [5.41, 5.74) is 0.500. The summed E-state index contributed by atoms with van der Waals surface area (Å²) in [6, 6.07) is 6.47. The van der Waals surface area contributed by atoms with Gasteiger partial charge >= 0.3 is 6.16 Å². The van der Waals surface area contributed by atoms with Crippen LogP contribution in [0.1, 0.15) is 38.8 Å². The average Bonchev–Trinajstić information content (AvgIpc) is 3.00. The number of benzene rings is 2. The summed E-state index contributed by atoms with van der Waals surface area (Å²) in [6.45, 7) is 9.17. The lowest BCUT2D eigenvalue weighted by Crippen LogP contribution is -2.33. The number of amides is 1. The van der Waals surface area contributed by atoms with Crippen molar-refractivity contribution in [3.63, 3.8) is 0 Å². The highest BCUT2D eigenvalue weighted by Crippen LogP contribution is 2.44. The van der Waals surface area contributed by atoms with Crippen LogP contribution in [0.3, 0.4) is 0 Å². The van der Waals surface area contributed by atoms with Crippen molar-refractivity contribution < 1.29 is 28.2 Å². The molecule has 1 heterocycles. The lowest BCUT2D eigenvalue weighted by molar-refractivity contribution is -0.117. The Morgan fingerprint density at radius 3 is 2.75 bits per heavy atom. The number of rotatable bonds is 6. The van der Waals surface area contributed by atoms with Gasteiger partial charge in [-0.3, -0.25) is 9.69 Å². The minimum absolute atomic E-state index is 0.0434. The molecule has 0 bridgehead atoms. The smallest absolute Gasteiger partial charge is 0.489 e. The van der Waals surface area contributed by atoms with E-state index in [1.54, 1.807) is 57.8 Å². The third-order valence-corrected chi connectivity index (χ3v) is 5.68. The van der Waals surface area contributed by atoms with Gasteiger partial charge in [0.1, 0.15) is 18.0 Å². The summed E-state index contributed by atoms with van der Waals surface area (Å²) in [6.07, 6.45) is -0.166. The van der Waals surface area contributed by atoms with Gasteiger partial charge in [-0.2, -0.15) is 0 Å². The second-order valence-electron chi connectivity index (χ2n) is 9.37. The first kappa shape index (κ1) is 27.3. The van der Waals surface area contributed by atoms with Crippen LogP contribution in [0.25, 0.3) is 11.1 Å². The maximum atomic E-state index is 16.2. The molecule has 192 valence electrons. The molecule has 1 aliphatic rings. The Morgan fingerprint density at radius 2 is 2.08 bits per heavy atom. The van der Waals surface area contributed by atoms with Crippen molar-refractivity contribution in [3.05, 3.63) is 46.2 Å². The fraction of sp³-hybridized carbons (Fsp3) is 0.407. The van der Waals surface area contributed by atoms with E-state index in [4.69, 9.17) is 25.8 Å². The molecule has 0 aromatic heterocycles. The van der Waals surface area contributed by atoms with E-state index in [2.05, 4.69) is 16.7 Å². The van der Waals surface area contributed by atoms with Gasteiger partial charge in [0.15, 0.2) is 11.6 Å². The number of hydrogen-bond acceptors (Lipinski definition) is 6. The number of fused-ring (bicyclic) bond motifs is 1. The molecule has 1 amide bonds. The quantitative estimate of drug-likeness (QED) is 0.230. The summed E-state index contributed by atoms with van der Waals surface area (Å²) < 4.78 is 32.7. The number of likely N-dealkylation sites (N-methyl/N-ethyl adjacent to an activating group) is 1. The topological polar surface area (TPSA) is 68.3 Å². The fourth-order valence-electron chi connectivity index (χ4n) is 3.77. The van der Waals surface area contributed by atoms with E-state index in [0.29, 0.717) is 37.3 Å². The van der Waals surface area contributed by atoms with Gasteiger partial charge in [-0.1, -0.05) is 23.6 Å². The first-order chi connectivity index (χ1) is 17.0. The number of nitrogens with zero attached hydrogens (tertiary/aromatic N) is 2. The maximum absolute atomic E-state index is 16.2. The Kier molecular flexibility index (Phi) is 8.83. The van der Waals surface area contributed by atoms with E-state index in [-0.39, 0.29) is 34.3 Å². The third-order valence-electron chi connectivity index (χ3n) is 5.36. The first-order valence-electron chi connectivity index (χ1n) is 11.5. The molecule has 9 heteroatoms. The van der Waals surface area contributed by atoms with Crippen molar-refractivity contribution in [3.8, 4) is 34.5 Å². The van der Waals surface area contributed by atoms with E-state index < -0.39 is 17.6 Å². The molecule has 0 radical (unpaired) electrons. The Labute approximate surface area is 216 Å². The van der Waals surface area contributed by atoms with Crippen LogP contribution in [0.15, 0.2) is 24.3 Å². The fourth-order valence-corrected chi connectivity index (χ4v) is 4.03. The van der Waals surface area contributed by atoms with Crippen LogP contribution in [0.5, 0.6) is 11.5 Å². The van der Waals surface area contributed by atoms with Crippen LogP contribution in [-0.4, -0.2) is 61.3 Å². The molecular formula is C27H30ClFN2O5. The molecule has 0 spiro atoms. The molecule has 2 aromatic rings. The van der Waals surface area contributed by atoms with Crippen LogP contribution in [0, 0.1) is 17.7 Å². The second kappa shape index (κ2) is 11.6. The van der Waals surface area contributed by atoms with Gasteiger partial charge in [0.05, 0.1) is 5.02 Å². The number of halogens is 2. The molecule has 0 aliphatic carbocycles. The van der Waals surface area contributed by atoms with Crippen molar-refractivity contribution in [2.24, 2.45) is 0 Å². The average molecular weight is 517 g/mol. The van der Waals surface area contributed by atoms with Crippen LogP contribution >= 0.6 is 11.6 Å². The zero-order valence-corrected chi connectivity index (χ0v) is 21.9. The van der Waals surface area contributed by atoms with Crippen molar-refractivity contribution in [2.45, 2.75) is 39.8 Å². The van der Waals surface area contributed by atoms with E-state index in [0.717, 1.165) is 6.41 Å². The molecule has 1 aliphatic heterocycles. The van der Waals surface area contributed by atoms with E-state index in [1.807, 2.05) is 0 Å². The summed E-state index contributed by atoms with van der Waals surface area (Å²) in [4.78, 5) is 27.0. The second-order valence-corrected chi connectivity index (χ2v) is 9.77. The number of hydrogen-bond donors (Lipinski definition) is 0. The Balaban J connectivity index is 2.08. The predicted molar refractivity (Wildman–Crippen MR) is 136 cm³/mol. The molecule has 0 fully saturated rings. The molecule has 0 atom stereocenters. The molecule has 3 rings (SSSR count). The van der Waals surface area contributed by atoms with Gasteiger partial charge in [0, 0.05) is 55.5 Å². The highest BCUT2D eigenvalue weighted by molar-refractivity contribution is 6.33. The monoisotopic (exact) mass is 516 g/mol. The van der Waals surface area contributed by atoms with Gasteiger partial charge in [-0.15, -0.1) is 5.92 Å². The van der Waals surface area contributed by atoms with Gasteiger partial charge < -0.3 is 19.1 Å². The minimum atomic E-state index is -0.934. The maximum Gasteiger partial charge on any atom is 0.514 e. The predicted octanol–water partition coefficient (Wildman–Crippen LogP) is 5.11. The molecule has 0 N–H and O–H groups in total. The molecule has 2 aromatic carbocycles. The van der Waals surface area contributed by atoms with E-state index in [9.17, 15) is 9.59 Å².